The minimum atomic E-state index is -0.939. The van der Waals surface area contributed by atoms with E-state index in [0.29, 0.717) is 12.2 Å². The first kappa shape index (κ1) is 16.6. The number of carbonyl (C=O) groups excluding carboxylic acids is 2. The standard InChI is InChI=1S/C12H21N3O4S/c1-20-5-4-8(15-12(13)19)11(18)14-9(6-10(16)17)7-2-3-7/h7-9H,2-6H2,1H3,(H,14,18)(H,16,17)(H3,13,15,19). The summed E-state index contributed by atoms with van der Waals surface area (Å²) in [5.41, 5.74) is 5.06. The second-order valence-electron chi connectivity index (χ2n) is 4.89. The Labute approximate surface area is 122 Å². The maximum atomic E-state index is 12.1. The van der Waals surface area contributed by atoms with Crippen LogP contribution in [0.3, 0.4) is 0 Å². The van der Waals surface area contributed by atoms with Crippen LogP contribution < -0.4 is 16.4 Å². The summed E-state index contributed by atoms with van der Waals surface area (Å²) in [5.74, 6) is -0.377. The Hall–Kier alpha value is -1.44. The molecule has 8 heteroatoms. The van der Waals surface area contributed by atoms with Crippen LogP contribution in [0.2, 0.25) is 0 Å². The third kappa shape index (κ3) is 6.14. The van der Waals surface area contributed by atoms with Crippen LogP contribution in [0.5, 0.6) is 0 Å². The molecular weight excluding hydrogens is 282 g/mol. The Morgan fingerprint density at radius 1 is 1.35 bits per heavy atom. The Bertz CT molecular complexity index is 374. The van der Waals surface area contributed by atoms with Crippen LogP contribution in [0.25, 0.3) is 0 Å². The number of amides is 3. The SMILES string of the molecule is CSCCC(NC(N)=O)C(=O)NC(CC(=O)O)C1CC1. The fraction of sp³-hybridized carbons (Fsp3) is 0.750. The van der Waals surface area contributed by atoms with Gasteiger partial charge in [-0.05, 0) is 37.2 Å². The largest absolute Gasteiger partial charge is 0.481 e. The zero-order valence-corrected chi connectivity index (χ0v) is 12.2. The molecule has 114 valence electrons. The molecular formula is C12H21N3O4S. The van der Waals surface area contributed by atoms with E-state index in [9.17, 15) is 14.4 Å². The molecule has 0 saturated heterocycles. The van der Waals surface area contributed by atoms with E-state index in [0.717, 1.165) is 12.8 Å². The molecule has 3 amide bonds. The predicted molar refractivity (Wildman–Crippen MR) is 76.4 cm³/mol. The first-order chi connectivity index (χ1) is 9.43. The van der Waals surface area contributed by atoms with Gasteiger partial charge in [-0.25, -0.2) is 4.79 Å². The van der Waals surface area contributed by atoms with Crippen LogP contribution in [-0.2, 0) is 9.59 Å². The molecule has 1 rings (SSSR count). The summed E-state index contributed by atoms with van der Waals surface area (Å²) in [6.45, 7) is 0. The Balaban J connectivity index is 2.57. The van der Waals surface area contributed by atoms with Crippen LogP contribution in [0, 0.1) is 5.92 Å². The number of carbonyl (C=O) groups is 3. The molecule has 1 aliphatic rings. The maximum Gasteiger partial charge on any atom is 0.312 e. The van der Waals surface area contributed by atoms with Crippen molar-refractivity contribution in [1.29, 1.82) is 0 Å². The lowest BCUT2D eigenvalue weighted by atomic mass is 10.1. The number of rotatable bonds is 9. The highest BCUT2D eigenvalue weighted by Gasteiger charge is 2.35. The molecule has 0 aromatic carbocycles. The van der Waals surface area contributed by atoms with Crippen molar-refractivity contribution >= 4 is 29.7 Å². The van der Waals surface area contributed by atoms with Crippen molar-refractivity contribution in [3.8, 4) is 0 Å². The minimum Gasteiger partial charge on any atom is -0.481 e. The summed E-state index contributed by atoms with van der Waals surface area (Å²) in [6, 6.07) is -1.84. The van der Waals surface area contributed by atoms with Gasteiger partial charge in [0, 0.05) is 6.04 Å². The van der Waals surface area contributed by atoms with Gasteiger partial charge in [-0.15, -0.1) is 0 Å². The van der Waals surface area contributed by atoms with Gasteiger partial charge in [-0.3, -0.25) is 9.59 Å². The number of urea groups is 1. The van der Waals surface area contributed by atoms with Gasteiger partial charge in [-0.2, -0.15) is 11.8 Å². The van der Waals surface area contributed by atoms with Gasteiger partial charge in [0.15, 0.2) is 0 Å². The summed E-state index contributed by atoms with van der Waals surface area (Å²) in [7, 11) is 0. The second-order valence-corrected chi connectivity index (χ2v) is 5.88. The Kier molecular flexibility index (Phi) is 6.63. The van der Waals surface area contributed by atoms with E-state index in [1.807, 2.05) is 6.26 Å². The van der Waals surface area contributed by atoms with Crippen molar-refractivity contribution < 1.29 is 19.5 Å². The van der Waals surface area contributed by atoms with Gasteiger partial charge >= 0.3 is 12.0 Å². The molecule has 2 unspecified atom stereocenters. The van der Waals surface area contributed by atoms with E-state index in [-0.39, 0.29) is 24.3 Å². The van der Waals surface area contributed by atoms with Crippen molar-refractivity contribution in [3.05, 3.63) is 0 Å². The average molecular weight is 303 g/mol. The monoisotopic (exact) mass is 303 g/mol. The molecule has 20 heavy (non-hydrogen) atoms. The minimum absolute atomic E-state index is 0.0950. The number of carboxylic acid groups (broad SMARTS) is 1. The van der Waals surface area contributed by atoms with Crippen LogP contribution >= 0.6 is 11.8 Å². The molecule has 0 spiro atoms. The number of thioether (sulfide) groups is 1. The molecule has 1 aliphatic carbocycles. The lowest BCUT2D eigenvalue weighted by molar-refractivity contribution is -0.138. The highest BCUT2D eigenvalue weighted by molar-refractivity contribution is 7.98. The van der Waals surface area contributed by atoms with E-state index in [2.05, 4.69) is 10.6 Å². The van der Waals surface area contributed by atoms with Crippen molar-refractivity contribution in [2.75, 3.05) is 12.0 Å². The number of hydrogen-bond donors (Lipinski definition) is 4. The zero-order valence-electron chi connectivity index (χ0n) is 11.4. The van der Waals surface area contributed by atoms with Crippen molar-refractivity contribution in [1.82, 2.24) is 10.6 Å². The fourth-order valence-corrected chi connectivity index (χ4v) is 2.45. The van der Waals surface area contributed by atoms with E-state index in [1.54, 1.807) is 11.8 Å². The third-order valence-electron chi connectivity index (χ3n) is 3.16. The molecule has 5 N–H and O–H groups in total. The first-order valence-electron chi connectivity index (χ1n) is 6.51. The Morgan fingerprint density at radius 2 is 2.00 bits per heavy atom. The highest BCUT2D eigenvalue weighted by Crippen LogP contribution is 2.34. The number of nitrogens with one attached hydrogen (secondary N) is 2. The molecule has 2 atom stereocenters. The van der Waals surface area contributed by atoms with E-state index < -0.39 is 18.0 Å². The summed E-state index contributed by atoms with van der Waals surface area (Å²) in [5, 5.41) is 14.0. The van der Waals surface area contributed by atoms with Gasteiger partial charge in [0.1, 0.15) is 6.04 Å². The molecule has 0 aromatic heterocycles. The molecule has 0 radical (unpaired) electrons. The normalized spacial score (nSPS) is 17.1. The lowest BCUT2D eigenvalue weighted by Gasteiger charge is -2.21. The van der Waals surface area contributed by atoms with Crippen LogP contribution in [0.4, 0.5) is 4.79 Å². The predicted octanol–water partition coefficient (Wildman–Crippen LogP) is 0.146. The van der Waals surface area contributed by atoms with Crippen molar-refractivity contribution in [3.63, 3.8) is 0 Å². The highest BCUT2D eigenvalue weighted by atomic mass is 32.2. The van der Waals surface area contributed by atoms with Gasteiger partial charge < -0.3 is 21.5 Å². The number of carboxylic acids is 1. The summed E-state index contributed by atoms with van der Waals surface area (Å²) in [6.07, 6.45) is 4.12. The summed E-state index contributed by atoms with van der Waals surface area (Å²) >= 11 is 1.56. The first-order valence-corrected chi connectivity index (χ1v) is 7.90. The van der Waals surface area contributed by atoms with Gasteiger partial charge in [0.05, 0.1) is 6.42 Å². The molecule has 1 saturated carbocycles. The van der Waals surface area contributed by atoms with E-state index in [1.165, 1.54) is 0 Å². The molecule has 0 bridgehead atoms. The zero-order chi connectivity index (χ0) is 15.1. The van der Waals surface area contributed by atoms with Gasteiger partial charge in [0.25, 0.3) is 0 Å². The van der Waals surface area contributed by atoms with Crippen LogP contribution in [0.1, 0.15) is 25.7 Å². The number of primary amides is 1. The van der Waals surface area contributed by atoms with Crippen molar-refractivity contribution in [2.24, 2.45) is 11.7 Å². The van der Waals surface area contributed by atoms with E-state index in [4.69, 9.17) is 10.8 Å². The molecule has 0 aromatic rings. The topological polar surface area (TPSA) is 122 Å². The molecule has 7 nitrogen and oxygen atoms in total. The maximum absolute atomic E-state index is 12.1. The van der Waals surface area contributed by atoms with Gasteiger partial charge in [-0.1, -0.05) is 0 Å². The lowest BCUT2D eigenvalue weighted by Crippen LogP contribution is -2.52. The third-order valence-corrected chi connectivity index (χ3v) is 3.80. The quantitative estimate of drug-likeness (QED) is 0.483. The van der Waals surface area contributed by atoms with E-state index >= 15 is 0 Å². The second kappa shape index (κ2) is 7.98. The molecule has 1 fully saturated rings. The fourth-order valence-electron chi connectivity index (χ4n) is 1.98. The number of hydrogen-bond acceptors (Lipinski definition) is 4. The Morgan fingerprint density at radius 3 is 2.45 bits per heavy atom. The smallest absolute Gasteiger partial charge is 0.312 e. The number of nitrogens with two attached hydrogens (primary N) is 1. The molecule has 0 aliphatic heterocycles. The molecule has 0 heterocycles. The number of aliphatic carboxylic acids is 1. The summed E-state index contributed by atoms with van der Waals surface area (Å²) in [4.78, 5) is 33.8. The summed E-state index contributed by atoms with van der Waals surface area (Å²) < 4.78 is 0. The van der Waals surface area contributed by atoms with Crippen LogP contribution in [-0.4, -0.2) is 47.1 Å². The van der Waals surface area contributed by atoms with Crippen molar-refractivity contribution in [2.45, 2.75) is 37.8 Å². The average Bonchev–Trinajstić information content (AvgIpc) is 3.16. The van der Waals surface area contributed by atoms with Gasteiger partial charge in [0.2, 0.25) is 5.91 Å². The van der Waals surface area contributed by atoms with Crippen LogP contribution in [0.15, 0.2) is 0 Å².